The van der Waals surface area contributed by atoms with Crippen LogP contribution in [-0.2, 0) is 47.5 Å². The second kappa shape index (κ2) is 17.6. The van der Waals surface area contributed by atoms with Crippen molar-refractivity contribution in [2.45, 2.75) is 175 Å². The van der Waals surface area contributed by atoms with Crippen LogP contribution in [0, 0.1) is 34.5 Å². The number of fused-ring (bicyclic) bond motifs is 5. The molecule has 0 spiro atoms. The van der Waals surface area contributed by atoms with Gasteiger partial charge in [0, 0.05) is 24.0 Å². The molecule has 19 heteroatoms. The molecule has 0 radical (unpaired) electrons. The zero-order valence-electron chi connectivity index (χ0n) is 34.8. The number of carbonyl (C=O) groups is 2. The van der Waals surface area contributed by atoms with Gasteiger partial charge in [0.2, 0.25) is 0 Å². The summed E-state index contributed by atoms with van der Waals surface area (Å²) in [4.78, 5) is 25.3. The molecule has 0 amide bonds. The van der Waals surface area contributed by atoms with E-state index in [0.29, 0.717) is 25.7 Å². The highest BCUT2D eigenvalue weighted by atomic mass is 16.8. The Kier molecular flexibility index (Phi) is 13.2. The molecule has 4 aliphatic carbocycles. The number of aliphatic hydroxyl groups is 9. The highest BCUT2D eigenvalue weighted by molar-refractivity contribution is 5.85. The van der Waals surface area contributed by atoms with Crippen molar-refractivity contribution in [2.75, 3.05) is 26.9 Å². The number of rotatable bonds is 11. The Hall–Kier alpha value is -1.76. The monoisotopic (exact) mass is 872 g/mol. The molecule has 0 aromatic heterocycles. The van der Waals surface area contributed by atoms with Crippen LogP contribution in [0.5, 0.6) is 0 Å². The Morgan fingerprint density at radius 3 is 2.13 bits per heavy atom. The quantitative estimate of drug-likeness (QED) is 0.0613. The van der Waals surface area contributed by atoms with Gasteiger partial charge in [-0.15, -0.1) is 0 Å². The van der Waals surface area contributed by atoms with Crippen LogP contribution in [0.4, 0.5) is 0 Å². The molecule has 4 aliphatic heterocycles. The topological polar surface area (TPSA) is 290 Å². The third kappa shape index (κ3) is 7.64. The molecule has 0 aromatic carbocycles. The molecule has 19 nitrogen and oxygen atoms in total. The SMILES string of the molecule is CO[C@@H]1[C@@H](O)[C@@H](O[C@H]2CC[C@@]3(C=O)[C@@H](CC[C@@H]4[C@H]3CC[C@]3(C)[C@@H](C5=CC(=O)OC5)CC[C@]43O)C2)O[C@@H](C)[C@H]1O[C@@H]1O[C@H](CO[C@@H]2O[C@H](CO)[C@@H](O)[C@H](O)[C@H]2O)[C@@H](O)[C@H](O)[C@H]1O. The van der Waals surface area contributed by atoms with Crippen LogP contribution in [0.25, 0.3) is 0 Å². The van der Waals surface area contributed by atoms with Crippen LogP contribution < -0.4 is 0 Å². The average molecular weight is 873 g/mol. The van der Waals surface area contributed by atoms with Gasteiger partial charge in [-0.3, -0.25) is 0 Å². The van der Waals surface area contributed by atoms with Crippen molar-refractivity contribution in [3.63, 3.8) is 0 Å². The Balaban J connectivity index is 0.887. The fraction of sp³-hybridized carbons (Fsp3) is 0.905. The summed E-state index contributed by atoms with van der Waals surface area (Å²) in [5.74, 6) is -0.343. The predicted molar refractivity (Wildman–Crippen MR) is 203 cm³/mol. The maximum absolute atomic E-state index is 13.3. The summed E-state index contributed by atoms with van der Waals surface area (Å²) in [6.07, 6.45) is -13.2. The highest BCUT2D eigenvalue weighted by Gasteiger charge is 2.69. The van der Waals surface area contributed by atoms with Gasteiger partial charge in [-0.1, -0.05) is 6.92 Å². The average Bonchev–Trinajstić information content (AvgIpc) is 3.80. The maximum atomic E-state index is 13.3. The minimum absolute atomic E-state index is 0.000150. The lowest BCUT2D eigenvalue weighted by atomic mass is 9.43. The molecular weight excluding hydrogens is 808 g/mol. The highest BCUT2D eigenvalue weighted by Crippen LogP contribution is 2.69. The Bertz CT molecular complexity index is 1620. The van der Waals surface area contributed by atoms with Crippen LogP contribution in [0.3, 0.4) is 0 Å². The van der Waals surface area contributed by atoms with Crippen molar-refractivity contribution < 1.29 is 93.4 Å². The molecule has 8 rings (SSSR count). The van der Waals surface area contributed by atoms with Crippen LogP contribution in [0.1, 0.15) is 71.6 Å². The van der Waals surface area contributed by atoms with Crippen molar-refractivity contribution in [3.8, 4) is 0 Å². The second-order valence-corrected chi connectivity index (χ2v) is 19.1. The smallest absolute Gasteiger partial charge is 0.331 e. The Morgan fingerprint density at radius 2 is 1.46 bits per heavy atom. The zero-order valence-corrected chi connectivity index (χ0v) is 34.8. The van der Waals surface area contributed by atoms with Crippen LogP contribution in [0.2, 0.25) is 0 Å². The van der Waals surface area contributed by atoms with Gasteiger partial charge in [-0.05, 0) is 94.0 Å². The Morgan fingerprint density at radius 1 is 0.770 bits per heavy atom. The number of methoxy groups -OCH3 is 1. The van der Waals surface area contributed by atoms with Gasteiger partial charge in [-0.2, -0.15) is 0 Å². The van der Waals surface area contributed by atoms with Gasteiger partial charge in [0.05, 0.1) is 31.0 Å². The van der Waals surface area contributed by atoms with E-state index in [1.54, 1.807) is 13.0 Å². The lowest BCUT2D eigenvalue weighted by Crippen LogP contribution is -2.65. The number of cyclic esters (lactones) is 1. The molecule has 0 unspecified atom stereocenters. The summed E-state index contributed by atoms with van der Waals surface area (Å²) >= 11 is 0. The van der Waals surface area contributed by atoms with Gasteiger partial charge in [0.15, 0.2) is 18.9 Å². The molecule has 7 fully saturated rings. The largest absolute Gasteiger partial charge is 0.458 e. The number of esters is 1. The summed E-state index contributed by atoms with van der Waals surface area (Å²) in [6.45, 7) is 2.83. The lowest BCUT2D eigenvalue weighted by molar-refractivity contribution is -0.367. The van der Waals surface area contributed by atoms with Gasteiger partial charge in [-0.25, -0.2) is 4.79 Å². The number of ether oxygens (including phenoxy) is 8. The van der Waals surface area contributed by atoms with E-state index in [1.165, 1.54) is 7.11 Å². The molecule has 61 heavy (non-hydrogen) atoms. The first-order chi connectivity index (χ1) is 29.0. The summed E-state index contributed by atoms with van der Waals surface area (Å²) in [5.41, 5.74) is -1.07. The minimum atomic E-state index is -1.79. The maximum Gasteiger partial charge on any atom is 0.331 e. The van der Waals surface area contributed by atoms with Crippen LogP contribution in [-0.4, -0.2) is 189 Å². The number of hydrogen-bond acceptors (Lipinski definition) is 19. The Labute approximate surface area is 353 Å². The van der Waals surface area contributed by atoms with E-state index in [1.807, 2.05) is 0 Å². The molecule has 9 N–H and O–H groups in total. The molecule has 4 saturated carbocycles. The van der Waals surface area contributed by atoms with E-state index in [2.05, 4.69) is 6.92 Å². The number of carbonyl (C=O) groups excluding carboxylic acids is 2. The van der Waals surface area contributed by atoms with Crippen molar-refractivity contribution in [2.24, 2.45) is 34.5 Å². The van der Waals surface area contributed by atoms with E-state index < -0.39 is 122 Å². The summed E-state index contributed by atoms with van der Waals surface area (Å²) in [7, 11) is 1.36. The van der Waals surface area contributed by atoms with Gasteiger partial charge < -0.3 is 88.6 Å². The van der Waals surface area contributed by atoms with Crippen molar-refractivity contribution in [3.05, 3.63) is 11.6 Å². The van der Waals surface area contributed by atoms with E-state index in [4.69, 9.17) is 37.9 Å². The molecule has 0 bridgehead atoms. The lowest BCUT2D eigenvalue weighted by Gasteiger charge is -2.63. The summed E-state index contributed by atoms with van der Waals surface area (Å²) in [5, 5.41) is 96.6. The first kappa shape index (κ1) is 45.8. The number of aldehydes is 1. The fourth-order valence-corrected chi connectivity index (χ4v) is 12.9. The van der Waals surface area contributed by atoms with E-state index in [0.717, 1.165) is 44.0 Å². The normalized spacial score (nSPS) is 53.6. The number of hydrogen-bond donors (Lipinski definition) is 9. The van der Waals surface area contributed by atoms with Gasteiger partial charge in [0.1, 0.15) is 80.0 Å². The molecule has 3 saturated heterocycles. The first-order valence-electron chi connectivity index (χ1n) is 21.9. The standard InChI is InChI=1S/C42H64O19/c1-18-35(61-38-33(51)31(49)29(47)26(60-38)16-56-37-32(50)30(48)28(46)25(14-43)59-37)36(54-3)34(52)39(57-18)58-21-6-10-41(17-44)20(13-21)4-5-24-23(41)7-9-40(2)22(8-11-42(24,40)53)19-12-27(45)55-15-19/h12,17-18,20-26,28-39,43,46-53H,4-11,13-16H2,1-3H3/t18-,20-,21-,22+,23+,24+,25+,26+,28+,29+,30-,31-,32+,33+,34+,35+,36+,37+,38-,39+,40+,41+,42-/m0/s1. The fourth-order valence-electron chi connectivity index (χ4n) is 12.9. The van der Waals surface area contributed by atoms with E-state index in [9.17, 15) is 55.5 Å². The molecule has 23 atom stereocenters. The van der Waals surface area contributed by atoms with Gasteiger partial charge >= 0.3 is 5.97 Å². The summed E-state index contributed by atoms with van der Waals surface area (Å²) < 4.78 is 46.4. The van der Waals surface area contributed by atoms with E-state index >= 15 is 0 Å². The van der Waals surface area contributed by atoms with Crippen molar-refractivity contribution in [1.82, 2.24) is 0 Å². The van der Waals surface area contributed by atoms with E-state index in [-0.39, 0.29) is 42.4 Å². The van der Waals surface area contributed by atoms with Crippen LogP contribution >= 0.6 is 0 Å². The van der Waals surface area contributed by atoms with Crippen LogP contribution in [0.15, 0.2) is 11.6 Å². The molecule has 4 heterocycles. The van der Waals surface area contributed by atoms with Crippen molar-refractivity contribution >= 4 is 12.3 Å². The molecule has 0 aromatic rings. The second-order valence-electron chi connectivity index (χ2n) is 19.1. The predicted octanol–water partition coefficient (Wildman–Crippen LogP) is -2.06. The number of aliphatic hydroxyl groups excluding tert-OH is 8. The summed E-state index contributed by atoms with van der Waals surface area (Å²) in [6, 6.07) is 0. The first-order valence-corrected chi connectivity index (χ1v) is 21.9. The molecule has 346 valence electrons. The minimum Gasteiger partial charge on any atom is -0.458 e. The zero-order chi connectivity index (χ0) is 43.8. The van der Waals surface area contributed by atoms with Gasteiger partial charge in [0.25, 0.3) is 0 Å². The molecule has 8 aliphatic rings. The molecular formula is C42H64O19. The van der Waals surface area contributed by atoms with Crippen molar-refractivity contribution in [1.29, 1.82) is 0 Å². The third-order valence-electron chi connectivity index (χ3n) is 16.3. The third-order valence-corrected chi connectivity index (χ3v) is 16.3.